The van der Waals surface area contributed by atoms with Crippen molar-refractivity contribution in [1.82, 2.24) is 5.32 Å². The van der Waals surface area contributed by atoms with Crippen LogP contribution in [0.3, 0.4) is 0 Å². The van der Waals surface area contributed by atoms with Gasteiger partial charge in [-0.15, -0.1) is 0 Å². The average Bonchev–Trinajstić information content (AvgIpc) is 2.48. The molecule has 3 N–H and O–H groups in total. The van der Waals surface area contributed by atoms with Gasteiger partial charge in [0.2, 0.25) is 11.8 Å². The first-order chi connectivity index (χ1) is 10.9. The molecule has 0 fully saturated rings. The van der Waals surface area contributed by atoms with E-state index in [4.69, 9.17) is 17.3 Å². The van der Waals surface area contributed by atoms with Gasteiger partial charge in [0.05, 0.1) is 6.42 Å². The van der Waals surface area contributed by atoms with Gasteiger partial charge in [0.25, 0.3) is 0 Å². The van der Waals surface area contributed by atoms with Gasteiger partial charge in [0.1, 0.15) is 11.9 Å². The maximum atomic E-state index is 13.1. The van der Waals surface area contributed by atoms with Crippen molar-refractivity contribution in [3.8, 4) is 0 Å². The van der Waals surface area contributed by atoms with Gasteiger partial charge < -0.3 is 11.1 Å². The number of amides is 2. The minimum atomic E-state index is -0.836. The van der Waals surface area contributed by atoms with Crippen molar-refractivity contribution in [2.75, 3.05) is 0 Å². The average molecular weight is 335 g/mol. The van der Waals surface area contributed by atoms with Crippen LogP contribution in [0.4, 0.5) is 4.39 Å². The summed E-state index contributed by atoms with van der Waals surface area (Å²) < 4.78 is 13.1. The van der Waals surface area contributed by atoms with Crippen molar-refractivity contribution in [2.45, 2.75) is 18.9 Å². The SMILES string of the molecule is NC(=O)[C@H](Cc1ccc(Cl)cc1)NC(=O)Cc1cccc(F)c1. The minimum Gasteiger partial charge on any atom is -0.368 e. The zero-order valence-corrected chi connectivity index (χ0v) is 13.0. The fourth-order valence-electron chi connectivity index (χ4n) is 2.16. The molecule has 1 atom stereocenters. The molecular weight excluding hydrogens is 319 g/mol. The Morgan fingerprint density at radius 1 is 1.13 bits per heavy atom. The first kappa shape index (κ1) is 17.0. The summed E-state index contributed by atoms with van der Waals surface area (Å²) >= 11 is 5.81. The van der Waals surface area contributed by atoms with E-state index in [-0.39, 0.29) is 12.8 Å². The fraction of sp³-hybridized carbons (Fsp3) is 0.176. The van der Waals surface area contributed by atoms with Crippen LogP contribution in [0.15, 0.2) is 48.5 Å². The summed E-state index contributed by atoms with van der Waals surface area (Å²) in [6, 6.07) is 11.8. The van der Waals surface area contributed by atoms with E-state index < -0.39 is 23.7 Å². The monoisotopic (exact) mass is 334 g/mol. The second-order valence-corrected chi connectivity index (χ2v) is 5.60. The Bertz CT molecular complexity index is 704. The second-order valence-electron chi connectivity index (χ2n) is 5.16. The van der Waals surface area contributed by atoms with Crippen LogP contribution in [0.25, 0.3) is 0 Å². The Kier molecular flexibility index (Phi) is 5.71. The van der Waals surface area contributed by atoms with E-state index in [2.05, 4.69) is 5.32 Å². The van der Waals surface area contributed by atoms with E-state index in [9.17, 15) is 14.0 Å². The highest BCUT2D eigenvalue weighted by atomic mass is 35.5. The normalized spacial score (nSPS) is 11.7. The smallest absolute Gasteiger partial charge is 0.240 e. The molecular formula is C17H16ClFN2O2. The number of primary amides is 1. The van der Waals surface area contributed by atoms with Crippen molar-refractivity contribution in [2.24, 2.45) is 5.73 Å². The summed E-state index contributed by atoms with van der Waals surface area (Å²) in [6.45, 7) is 0. The molecule has 2 aromatic rings. The predicted molar refractivity (Wildman–Crippen MR) is 86.4 cm³/mol. The molecule has 4 nitrogen and oxygen atoms in total. The lowest BCUT2D eigenvalue weighted by Crippen LogP contribution is -2.46. The van der Waals surface area contributed by atoms with Gasteiger partial charge in [0, 0.05) is 11.4 Å². The molecule has 0 aliphatic heterocycles. The van der Waals surface area contributed by atoms with Crippen LogP contribution in [0, 0.1) is 5.82 Å². The molecule has 23 heavy (non-hydrogen) atoms. The minimum absolute atomic E-state index is 0.0256. The van der Waals surface area contributed by atoms with Crippen molar-refractivity contribution in [3.05, 3.63) is 70.5 Å². The van der Waals surface area contributed by atoms with E-state index in [1.165, 1.54) is 18.2 Å². The highest BCUT2D eigenvalue weighted by molar-refractivity contribution is 6.30. The van der Waals surface area contributed by atoms with Crippen LogP contribution in [-0.4, -0.2) is 17.9 Å². The van der Waals surface area contributed by atoms with E-state index in [0.717, 1.165) is 5.56 Å². The van der Waals surface area contributed by atoms with Crippen molar-refractivity contribution < 1.29 is 14.0 Å². The highest BCUT2D eigenvalue weighted by Crippen LogP contribution is 2.11. The molecule has 0 heterocycles. The first-order valence-electron chi connectivity index (χ1n) is 7.01. The molecule has 0 radical (unpaired) electrons. The maximum Gasteiger partial charge on any atom is 0.240 e. The van der Waals surface area contributed by atoms with Gasteiger partial charge in [-0.3, -0.25) is 9.59 Å². The zero-order chi connectivity index (χ0) is 16.8. The van der Waals surface area contributed by atoms with E-state index in [1.807, 2.05) is 0 Å². The Morgan fingerprint density at radius 2 is 1.83 bits per heavy atom. The number of carbonyl (C=O) groups is 2. The van der Waals surface area contributed by atoms with Gasteiger partial charge in [-0.1, -0.05) is 35.9 Å². The zero-order valence-electron chi connectivity index (χ0n) is 12.3. The molecule has 120 valence electrons. The lowest BCUT2D eigenvalue weighted by atomic mass is 10.0. The number of nitrogens with two attached hydrogens (primary N) is 1. The van der Waals surface area contributed by atoms with Crippen LogP contribution < -0.4 is 11.1 Å². The number of hydrogen-bond acceptors (Lipinski definition) is 2. The molecule has 0 aliphatic rings. The summed E-state index contributed by atoms with van der Waals surface area (Å²) in [5, 5.41) is 3.16. The Morgan fingerprint density at radius 3 is 2.43 bits per heavy atom. The molecule has 0 aliphatic carbocycles. The van der Waals surface area contributed by atoms with Crippen molar-refractivity contribution in [3.63, 3.8) is 0 Å². The molecule has 2 aromatic carbocycles. The first-order valence-corrected chi connectivity index (χ1v) is 7.39. The van der Waals surface area contributed by atoms with E-state index in [0.29, 0.717) is 10.6 Å². The van der Waals surface area contributed by atoms with Gasteiger partial charge in [-0.2, -0.15) is 0 Å². The van der Waals surface area contributed by atoms with Gasteiger partial charge in [-0.05, 0) is 35.4 Å². The lowest BCUT2D eigenvalue weighted by molar-refractivity contribution is -0.127. The third-order valence-electron chi connectivity index (χ3n) is 3.29. The van der Waals surface area contributed by atoms with Crippen LogP contribution in [0.5, 0.6) is 0 Å². The molecule has 0 aromatic heterocycles. The predicted octanol–water partition coefficient (Wildman–Crippen LogP) is 2.23. The number of hydrogen-bond donors (Lipinski definition) is 2. The number of rotatable bonds is 6. The van der Waals surface area contributed by atoms with Crippen molar-refractivity contribution in [1.29, 1.82) is 0 Å². The largest absolute Gasteiger partial charge is 0.368 e. The number of halogens is 2. The molecule has 6 heteroatoms. The molecule has 2 rings (SSSR count). The fourth-order valence-corrected chi connectivity index (χ4v) is 2.28. The number of carbonyl (C=O) groups excluding carboxylic acids is 2. The quantitative estimate of drug-likeness (QED) is 0.850. The second kappa shape index (κ2) is 7.74. The summed E-state index contributed by atoms with van der Waals surface area (Å²) in [5.74, 6) is -1.44. The molecule has 2 amide bonds. The molecule has 0 saturated carbocycles. The molecule has 0 saturated heterocycles. The Balaban J connectivity index is 1.99. The third kappa shape index (κ3) is 5.38. The topological polar surface area (TPSA) is 72.2 Å². The van der Waals surface area contributed by atoms with Crippen LogP contribution >= 0.6 is 11.6 Å². The van der Waals surface area contributed by atoms with Gasteiger partial charge >= 0.3 is 0 Å². The number of benzene rings is 2. The maximum absolute atomic E-state index is 13.1. The van der Waals surface area contributed by atoms with E-state index in [1.54, 1.807) is 30.3 Å². The van der Waals surface area contributed by atoms with E-state index >= 15 is 0 Å². The number of nitrogens with one attached hydrogen (secondary N) is 1. The van der Waals surface area contributed by atoms with Crippen LogP contribution in [-0.2, 0) is 22.4 Å². The molecule has 0 bridgehead atoms. The van der Waals surface area contributed by atoms with Crippen LogP contribution in [0.1, 0.15) is 11.1 Å². The summed E-state index contributed by atoms with van der Waals surface area (Å²) in [4.78, 5) is 23.6. The molecule has 0 spiro atoms. The van der Waals surface area contributed by atoms with Gasteiger partial charge in [-0.25, -0.2) is 4.39 Å². The molecule has 0 unspecified atom stereocenters. The Hall–Kier alpha value is -2.40. The summed E-state index contributed by atoms with van der Waals surface area (Å²) in [5.41, 5.74) is 6.69. The standard InChI is InChI=1S/C17H16ClFN2O2/c18-13-6-4-11(5-7-13)9-15(17(20)23)21-16(22)10-12-2-1-3-14(19)8-12/h1-8,15H,9-10H2,(H2,20,23)(H,21,22)/t15-/m0/s1. The Labute approximate surface area is 138 Å². The lowest BCUT2D eigenvalue weighted by Gasteiger charge is -2.15. The van der Waals surface area contributed by atoms with Gasteiger partial charge in [0.15, 0.2) is 0 Å². The third-order valence-corrected chi connectivity index (χ3v) is 3.54. The van der Waals surface area contributed by atoms with Crippen molar-refractivity contribution >= 4 is 23.4 Å². The summed E-state index contributed by atoms with van der Waals surface area (Å²) in [6.07, 6.45) is 0.240. The van der Waals surface area contributed by atoms with Crippen LogP contribution in [0.2, 0.25) is 5.02 Å². The summed E-state index contributed by atoms with van der Waals surface area (Å²) in [7, 11) is 0. The highest BCUT2D eigenvalue weighted by Gasteiger charge is 2.18.